The number of rotatable bonds is 6. The third-order valence-corrected chi connectivity index (χ3v) is 4.96. The Morgan fingerprint density at radius 2 is 1.65 bits per heavy atom. The molecule has 0 aliphatic heterocycles. The van der Waals surface area contributed by atoms with Crippen LogP contribution in [0.25, 0.3) is 22.0 Å². The second-order valence-corrected chi connectivity index (χ2v) is 7.40. The van der Waals surface area contributed by atoms with E-state index >= 15 is 0 Å². The predicted octanol–water partition coefficient (Wildman–Crippen LogP) is 6.28. The van der Waals surface area contributed by atoms with Gasteiger partial charge in [-0.25, -0.2) is 0 Å². The zero-order valence-corrected chi connectivity index (χ0v) is 17.4. The highest BCUT2D eigenvalue weighted by molar-refractivity contribution is 5.95. The summed E-state index contributed by atoms with van der Waals surface area (Å²) in [6.07, 6.45) is 0. The van der Waals surface area contributed by atoms with Crippen molar-refractivity contribution in [2.24, 2.45) is 10.2 Å². The summed E-state index contributed by atoms with van der Waals surface area (Å²) < 4.78 is 7.50. The molecular formula is C25H23N3O3. The largest absolute Gasteiger partial charge is 0.493 e. The Morgan fingerprint density at radius 3 is 2.42 bits per heavy atom. The molecule has 6 nitrogen and oxygen atoms in total. The van der Waals surface area contributed by atoms with Crippen molar-refractivity contribution >= 4 is 22.5 Å². The van der Waals surface area contributed by atoms with Crippen LogP contribution in [0.1, 0.15) is 19.9 Å². The second kappa shape index (κ2) is 8.83. The second-order valence-electron chi connectivity index (χ2n) is 7.40. The summed E-state index contributed by atoms with van der Waals surface area (Å²) in [7, 11) is 0. The van der Waals surface area contributed by atoms with Crippen molar-refractivity contribution in [1.82, 2.24) is 4.57 Å². The highest BCUT2D eigenvalue weighted by atomic mass is 16.5. The van der Waals surface area contributed by atoms with Gasteiger partial charge in [0.1, 0.15) is 5.75 Å². The fourth-order valence-corrected chi connectivity index (χ4v) is 3.58. The van der Waals surface area contributed by atoms with E-state index < -0.39 is 5.91 Å². The van der Waals surface area contributed by atoms with Crippen LogP contribution < -0.4 is 4.74 Å². The monoisotopic (exact) mass is 413 g/mol. The number of carbonyl (C=O) groups excluding carboxylic acids is 1. The maximum Gasteiger partial charge on any atom is 0.302 e. The summed E-state index contributed by atoms with van der Waals surface area (Å²) in [5.41, 5.74) is 3.01. The number of hydrogen-bond donors (Lipinski definition) is 1. The quantitative estimate of drug-likeness (QED) is 0.378. The van der Waals surface area contributed by atoms with Crippen molar-refractivity contribution in [3.05, 3.63) is 78.9 Å². The van der Waals surface area contributed by atoms with Crippen LogP contribution >= 0.6 is 0 Å². The van der Waals surface area contributed by atoms with E-state index in [1.807, 2.05) is 92.7 Å². The average Bonchev–Trinajstić information content (AvgIpc) is 3.08. The minimum atomic E-state index is -0.538. The van der Waals surface area contributed by atoms with E-state index in [1.54, 1.807) is 4.57 Å². The summed E-state index contributed by atoms with van der Waals surface area (Å²) in [4.78, 5) is 12.4. The number of para-hydroxylation sites is 2. The van der Waals surface area contributed by atoms with E-state index in [-0.39, 0.29) is 24.2 Å². The number of benzene rings is 3. The standard InChI is InChI=1S/C25H23N3O3/c1-17(2)28-21-14-8-6-13-20(21)24(25(28)30)27-26-23(29)16-31-22-15-9-7-12-19(22)18-10-4-3-5-11-18/h3-15,17,30H,16H2,1-2H3. The smallest absolute Gasteiger partial charge is 0.302 e. The fraction of sp³-hybridized carbons (Fsp3) is 0.160. The summed E-state index contributed by atoms with van der Waals surface area (Å²) in [6.45, 7) is 3.68. The molecule has 1 heterocycles. The number of amides is 1. The molecule has 4 aromatic rings. The molecule has 0 unspecified atom stereocenters. The average molecular weight is 413 g/mol. The van der Waals surface area contributed by atoms with Gasteiger partial charge in [-0.3, -0.25) is 4.79 Å². The zero-order chi connectivity index (χ0) is 21.8. The summed E-state index contributed by atoms with van der Waals surface area (Å²) in [5.74, 6) is 0.0447. The van der Waals surface area contributed by atoms with Crippen molar-refractivity contribution in [2.45, 2.75) is 19.9 Å². The third-order valence-electron chi connectivity index (χ3n) is 4.96. The van der Waals surface area contributed by atoms with Gasteiger partial charge in [0, 0.05) is 17.0 Å². The highest BCUT2D eigenvalue weighted by Crippen LogP contribution is 2.40. The number of aromatic nitrogens is 1. The van der Waals surface area contributed by atoms with Gasteiger partial charge in [-0.1, -0.05) is 66.7 Å². The summed E-state index contributed by atoms with van der Waals surface area (Å²) in [6, 6.07) is 24.9. The Kier molecular flexibility index (Phi) is 5.80. The molecule has 0 saturated carbocycles. The molecule has 0 aliphatic rings. The number of carbonyl (C=O) groups is 1. The Bertz CT molecular complexity index is 1240. The Morgan fingerprint density at radius 1 is 0.968 bits per heavy atom. The molecule has 3 aromatic carbocycles. The summed E-state index contributed by atoms with van der Waals surface area (Å²) >= 11 is 0. The summed E-state index contributed by atoms with van der Waals surface area (Å²) in [5, 5.41) is 19.2. The lowest BCUT2D eigenvalue weighted by Gasteiger charge is -2.10. The van der Waals surface area contributed by atoms with Crippen LogP contribution in [0.2, 0.25) is 0 Å². The minimum absolute atomic E-state index is 0.0110. The van der Waals surface area contributed by atoms with Crippen molar-refractivity contribution in [2.75, 3.05) is 6.61 Å². The van der Waals surface area contributed by atoms with Crippen LogP contribution in [0.15, 0.2) is 89.1 Å². The zero-order valence-electron chi connectivity index (χ0n) is 17.4. The maximum atomic E-state index is 12.4. The van der Waals surface area contributed by atoms with Crippen molar-refractivity contribution < 1.29 is 14.6 Å². The van der Waals surface area contributed by atoms with E-state index in [2.05, 4.69) is 10.2 Å². The lowest BCUT2D eigenvalue weighted by atomic mass is 10.1. The number of azo groups is 1. The number of aromatic hydroxyl groups is 1. The van der Waals surface area contributed by atoms with E-state index in [0.29, 0.717) is 5.75 Å². The van der Waals surface area contributed by atoms with Gasteiger partial charge < -0.3 is 14.4 Å². The molecule has 0 bridgehead atoms. The van der Waals surface area contributed by atoms with E-state index in [9.17, 15) is 9.90 Å². The normalized spacial score (nSPS) is 11.5. The minimum Gasteiger partial charge on any atom is -0.493 e. The number of fused-ring (bicyclic) bond motifs is 1. The van der Waals surface area contributed by atoms with Crippen LogP contribution in [-0.2, 0) is 4.79 Å². The first-order valence-corrected chi connectivity index (χ1v) is 10.1. The Hall–Kier alpha value is -3.93. The molecular weight excluding hydrogens is 390 g/mol. The van der Waals surface area contributed by atoms with Gasteiger partial charge in [0.2, 0.25) is 5.88 Å². The van der Waals surface area contributed by atoms with E-state index in [4.69, 9.17) is 4.74 Å². The topological polar surface area (TPSA) is 76.2 Å². The molecule has 0 atom stereocenters. The van der Waals surface area contributed by atoms with Crippen LogP contribution in [-0.4, -0.2) is 22.2 Å². The third kappa shape index (κ3) is 4.19. The molecule has 31 heavy (non-hydrogen) atoms. The van der Waals surface area contributed by atoms with E-state index in [1.165, 1.54) is 0 Å². The van der Waals surface area contributed by atoms with Crippen molar-refractivity contribution in [1.29, 1.82) is 0 Å². The first-order chi connectivity index (χ1) is 15.1. The molecule has 1 N–H and O–H groups in total. The van der Waals surface area contributed by atoms with Gasteiger partial charge in [-0.15, -0.1) is 10.2 Å². The van der Waals surface area contributed by atoms with E-state index in [0.717, 1.165) is 22.0 Å². The predicted molar refractivity (Wildman–Crippen MR) is 121 cm³/mol. The van der Waals surface area contributed by atoms with Gasteiger partial charge in [-0.05, 0) is 31.5 Å². The number of hydrogen-bond acceptors (Lipinski definition) is 4. The molecule has 1 aromatic heterocycles. The van der Waals surface area contributed by atoms with Gasteiger partial charge in [-0.2, -0.15) is 0 Å². The Balaban J connectivity index is 1.53. The fourth-order valence-electron chi connectivity index (χ4n) is 3.58. The van der Waals surface area contributed by atoms with Crippen molar-refractivity contribution in [3.8, 4) is 22.8 Å². The van der Waals surface area contributed by atoms with Crippen LogP contribution in [0, 0.1) is 0 Å². The first kappa shape index (κ1) is 20.3. The van der Waals surface area contributed by atoms with Gasteiger partial charge in [0.15, 0.2) is 12.3 Å². The lowest BCUT2D eigenvalue weighted by molar-refractivity contribution is -0.120. The molecule has 0 spiro atoms. The molecule has 156 valence electrons. The number of nitrogens with zero attached hydrogens (tertiary/aromatic N) is 3. The molecule has 0 fully saturated rings. The first-order valence-electron chi connectivity index (χ1n) is 10.1. The highest BCUT2D eigenvalue weighted by Gasteiger charge is 2.18. The van der Waals surface area contributed by atoms with Gasteiger partial charge in [0.05, 0.1) is 5.52 Å². The van der Waals surface area contributed by atoms with Crippen LogP contribution in [0.4, 0.5) is 5.69 Å². The van der Waals surface area contributed by atoms with Crippen LogP contribution in [0.5, 0.6) is 11.6 Å². The van der Waals surface area contributed by atoms with Gasteiger partial charge in [0.25, 0.3) is 0 Å². The SMILES string of the molecule is CC(C)n1c(O)c(N=NC(=O)COc2ccccc2-c2ccccc2)c2ccccc21. The molecule has 6 heteroatoms. The Labute approximate surface area is 180 Å². The molecule has 0 saturated heterocycles. The van der Waals surface area contributed by atoms with Crippen LogP contribution in [0.3, 0.4) is 0 Å². The maximum absolute atomic E-state index is 12.4. The number of ether oxygens (including phenoxy) is 1. The molecule has 0 radical (unpaired) electrons. The van der Waals surface area contributed by atoms with Crippen molar-refractivity contribution in [3.63, 3.8) is 0 Å². The molecule has 0 aliphatic carbocycles. The molecule has 4 rings (SSSR count). The lowest BCUT2D eigenvalue weighted by Crippen LogP contribution is -2.08. The van der Waals surface area contributed by atoms with Gasteiger partial charge >= 0.3 is 5.91 Å². The molecule has 1 amide bonds.